The van der Waals surface area contributed by atoms with Crippen molar-refractivity contribution in [2.45, 2.75) is 0 Å². The Kier molecular flexibility index (Phi) is 2.93. The number of aliphatic hydroxyl groups excluding tert-OH is 1. The third kappa shape index (κ3) is 2.92. The zero-order valence-corrected chi connectivity index (χ0v) is 4.99. The molecule has 0 rings (SSSR count). The first kappa shape index (κ1) is 7.84. The van der Waals surface area contributed by atoms with Gasteiger partial charge in [-0.25, -0.2) is 12.8 Å². The van der Waals surface area contributed by atoms with Gasteiger partial charge in [-0.3, -0.25) is 0 Å². The monoisotopic (exact) mass is 142 g/mol. The van der Waals surface area contributed by atoms with E-state index in [4.69, 9.17) is 5.11 Å². The molecule has 0 aliphatic carbocycles. The molecule has 0 radical (unpaired) electrons. The van der Waals surface area contributed by atoms with Crippen LogP contribution in [-0.4, -0.2) is 31.9 Å². The average Bonchev–Trinajstić information content (AvgIpc) is 1.67. The number of hydrogen-bond donors (Lipinski definition) is 1. The van der Waals surface area contributed by atoms with Crippen LogP contribution in [0.3, 0.4) is 0 Å². The number of hydrogen-bond acceptors (Lipinski definition) is 3. The molecule has 3 nitrogen and oxygen atoms in total. The smallest absolute Gasteiger partial charge is 0.190 e. The molecule has 0 fully saturated rings. The van der Waals surface area contributed by atoms with Crippen molar-refractivity contribution in [3.05, 3.63) is 0 Å². The van der Waals surface area contributed by atoms with Crippen molar-refractivity contribution in [3.63, 3.8) is 0 Å². The van der Waals surface area contributed by atoms with Crippen molar-refractivity contribution in [3.8, 4) is 0 Å². The van der Waals surface area contributed by atoms with E-state index in [0.29, 0.717) is 0 Å². The van der Waals surface area contributed by atoms with E-state index in [1.54, 1.807) is 0 Å². The zero-order chi connectivity index (χ0) is 6.62. The van der Waals surface area contributed by atoms with Gasteiger partial charge < -0.3 is 5.11 Å². The summed E-state index contributed by atoms with van der Waals surface area (Å²) in [6, 6.07) is -1.38. The van der Waals surface area contributed by atoms with Gasteiger partial charge in [-0.15, -0.1) is 0 Å². The topological polar surface area (TPSA) is 54.4 Å². The van der Waals surface area contributed by atoms with E-state index in [9.17, 15) is 12.8 Å². The van der Waals surface area contributed by atoms with Gasteiger partial charge in [-0.05, 0) is 0 Å². The van der Waals surface area contributed by atoms with Gasteiger partial charge in [-0.2, -0.15) is 0 Å². The Morgan fingerprint density at radius 2 is 2.00 bits per heavy atom. The highest BCUT2D eigenvalue weighted by Crippen LogP contribution is 1.87. The summed E-state index contributed by atoms with van der Waals surface area (Å²) < 4.78 is 31.4. The summed E-state index contributed by atoms with van der Waals surface area (Å²) in [6.07, 6.45) is 0. The van der Waals surface area contributed by atoms with Crippen molar-refractivity contribution in [1.82, 2.24) is 0 Å². The Morgan fingerprint density at radius 3 is 2.12 bits per heavy atom. The Balaban J connectivity index is 3.76. The molecule has 0 unspecified atom stereocenters. The molecule has 0 aromatic rings. The van der Waals surface area contributed by atoms with Crippen molar-refractivity contribution in [2.75, 3.05) is 18.4 Å². The van der Waals surface area contributed by atoms with E-state index in [0.717, 1.165) is 0 Å². The van der Waals surface area contributed by atoms with Crippen molar-refractivity contribution in [1.29, 1.82) is 0 Å². The maximum absolute atomic E-state index is 11.3. The van der Waals surface area contributed by atoms with Gasteiger partial charge in [0.15, 0.2) is 15.8 Å². The highest BCUT2D eigenvalue weighted by molar-refractivity contribution is 7.91. The number of rotatable bonds is 3. The van der Waals surface area contributed by atoms with Gasteiger partial charge in [0, 0.05) is 0 Å². The summed E-state index contributed by atoms with van der Waals surface area (Å²) in [4.78, 5) is 0. The minimum Gasteiger partial charge on any atom is -0.395 e. The third-order valence-electron chi connectivity index (χ3n) is 0.569. The summed E-state index contributed by atoms with van der Waals surface area (Å²) in [5.41, 5.74) is 0. The standard InChI is InChI=1S/C3H7FO3S/c4-3-8(6,7)2-1-5/h5H,1-3H2. The second-order valence-electron chi connectivity index (χ2n) is 1.28. The lowest BCUT2D eigenvalue weighted by Gasteiger charge is -1.90. The van der Waals surface area contributed by atoms with Gasteiger partial charge in [0.1, 0.15) is 0 Å². The molecule has 0 amide bonds. The molecule has 5 heteroatoms. The lowest BCUT2D eigenvalue weighted by molar-refractivity contribution is 0.319. The van der Waals surface area contributed by atoms with Crippen LogP contribution < -0.4 is 0 Å². The van der Waals surface area contributed by atoms with E-state index >= 15 is 0 Å². The zero-order valence-electron chi connectivity index (χ0n) is 4.17. The second kappa shape index (κ2) is 2.99. The van der Waals surface area contributed by atoms with Crippen LogP contribution in [0.4, 0.5) is 4.39 Å². The molecule has 0 spiro atoms. The van der Waals surface area contributed by atoms with E-state index in [1.165, 1.54) is 0 Å². The molecular formula is C3H7FO3S. The van der Waals surface area contributed by atoms with Crippen molar-refractivity contribution < 1.29 is 17.9 Å². The number of alkyl halides is 1. The lowest BCUT2D eigenvalue weighted by atomic mass is 10.9. The molecule has 0 atom stereocenters. The minimum absolute atomic E-state index is 0.483. The molecule has 0 bridgehead atoms. The third-order valence-corrected chi connectivity index (χ3v) is 1.71. The largest absolute Gasteiger partial charge is 0.395 e. The van der Waals surface area contributed by atoms with Crippen LogP contribution in [0.15, 0.2) is 0 Å². The van der Waals surface area contributed by atoms with Crippen LogP contribution in [0.2, 0.25) is 0 Å². The molecule has 0 aromatic carbocycles. The van der Waals surface area contributed by atoms with Crippen LogP contribution >= 0.6 is 0 Å². The fourth-order valence-electron chi connectivity index (χ4n) is 0.194. The second-order valence-corrected chi connectivity index (χ2v) is 3.39. The summed E-state index contributed by atoms with van der Waals surface area (Å²) in [5, 5.41) is 7.99. The van der Waals surface area contributed by atoms with Gasteiger partial charge in [0.05, 0.1) is 12.4 Å². The Bertz CT molecular complexity index is 139. The fraction of sp³-hybridized carbons (Fsp3) is 1.00. The van der Waals surface area contributed by atoms with Crippen molar-refractivity contribution in [2.24, 2.45) is 0 Å². The first-order valence-corrected chi connectivity index (χ1v) is 3.82. The fourth-order valence-corrected chi connectivity index (χ4v) is 0.581. The highest BCUT2D eigenvalue weighted by atomic mass is 32.2. The Morgan fingerprint density at radius 1 is 1.50 bits per heavy atom. The molecule has 0 saturated carbocycles. The van der Waals surface area contributed by atoms with Gasteiger partial charge in [0.25, 0.3) is 0 Å². The number of sulfone groups is 1. The average molecular weight is 142 g/mol. The van der Waals surface area contributed by atoms with Gasteiger partial charge >= 0.3 is 0 Å². The predicted octanol–water partition coefficient (Wildman–Crippen LogP) is -0.679. The molecule has 0 saturated heterocycles. The minimum atomic E-state index is -3.59. The quantitative estimate of drug-likeness (QED) is 0.568. The van der Waals surface area contributed by atoms with Crippen LogP contribution in [0.5, 0.6) is 0 Å². The summed E-state index contributed by atoms with van der Waals surface area (Å²) in [5.74, 6) is -0.483. The summed E-state index contributed by atoms with van der Waals surface area (Å²) >= 11 is 0. The Hall–Kier alpha value is -0.160. The van der Waals surface area contributed by atoms with E-state index < -0.39 is 28.2 Å². The summed E-state index contributed by atoms with van der Waals surface area (Å²) in [7, 11) is -3.59. The molecule has 8 heavy (non-hydrogen) atoms. The summed E-state index contributed by atoms with van der Waals surface area (Å²) in [6.45, 7) is -0.508. The van der Waals surface area contributed by atoms with Crippen LogP contribution in [0.1, 0.15) is 0 Å². The number of aliphatic hydroxyl groups is 1. The molecular weight excluding hydrogens is 135 g/mol. The van der Waals surface area contributed by atoms with Gasteiger partial charge in [-0.1, -0.05) is 0 Å². The molecule has 0 aliphatic heterocycles. The van der Waals surface area contributed by atoms with Crippen LogP contribution in [0, 0.1) is 0 Å². The first-order valence-electron chi connectivity index (χ1n) is 1.99. The van der Waals surface area contributed by atoms with Crippen molar-refractivity contribution >= 4 is 9.84 Å². The maximum atomic E-state index is 11.3. The normalized spacial score (nSPS) is 11.8. The highest BCUT2D eigenvalue weighted by Gasteiger charge is 2.06. The SMILES string of the molecule is O=S(=O)(CF)CCO. The number of halogens is 1. The lowest BCUT2D eigenvalue weighted by Crippen LogP contribution is -2.10. The first-order chi connectivity index (χ1) is 3.62. The molecule has 0 heterocycles. The molecule has 1 N–H and O–H groups in total. The molecule has 0 aromatic heterocycles. The maximum Gasteiger partial charge on any atom is 0.190 e. The van der Waals surface area contributed by atoms with E-state index in [2.05, 4.69) is 0 Å². The van der Waals surface area contributed by atoms with Crippen LogP contribution in [0.25, 0.3) is 0 Å². The molecule has 0 aliphatic rings. The predicted molar refractivity (Wildman–Crippen MR) is 26.8 cm³/mol. The van der Waals surface area contributed by atoms with Crippen LogP contribution in [-0.2, 0) is 9.84 Å². The molecule has 50 valence electrons. The van der Waals surface area contributed by atoms with E-state index in [1.807, 2.05) is 0 Å². The van der Waals surface area contributed by atoms with Gasteiger partial charge in [0.2, 0.25) is 0 Å². The van der Waals surface area contributed by atoms with E-state index in [-0.39, 0.29) is 0 Å². The Labute approximate surface area is 47.1 Å².